The van der Waals surface area contributed by atoms with Crippen molar-refractivity contribution in [3.63, 3.8) is 0 Å². The summed E-state index contributed by atoms with van der Waals surface area (Å²) in [6.45, 7) is 1.85. The molecule has 0 radical (unpaired) electrons. The van der Waals surface area contributed by atoms with E-state index in [-0.39, 0.29) is 30.4 Å². The zero-order valence-corrected chi connectivity index (χ0v) is 18.4. The summed E-state index contributed by atoms with van der Waals surface area (Å²) in [7, 11) is 0. The van der Waals surface area contributed by atoms with Gasteiger partial charge in [-0.25, -0.2) is 14.2 Å². The van der Waals surface area contributed by atoms with E-state index in [0.29, 0.717) is 16.5 Å². The topological polar surface area (TPSA) is 100 Å². The molecule has 9 nitrogen and oxygen atoms in total. The normalized spacial score (nSPS) is 10.6. The summed E-state index contributed by atoms with van der Waals surface area (Å²) < 4.78 is 13.7. The minimum Gasteiger partial charge on any atom is -0.470 e. The number of amides is 1. The quantitative estimate of drug-likeness (QED) is 0.392. The maximum absolute atomic E-state index is 13.1. The summed E-state index contributed by atoms with van der Waals surface area (Å²) in [6.07, 6.45) is 2.84. The van der Waals surface area contributed by atoms with Gasteiger partial charge in [0.1, 0.15) is 17.0 Å². The van der Waals surface area contributed by atoms with Crippen LogP contribution in [0.3, 0.4) is 0 Å². The fourth-order valence-corrected chi connectivity index (χ4v) is 3.27. The van der Waals surface area contributed by atoms with Crippen molar-refractivity contribution in [2.75, 3.05) is 11.9 Å². The van der Waals surface area contributed by atoms with Gasteiger partial charge in [0.15, 0.2) is 12.5 Å². The fraction of sp³-hybridized carbons (Fsp3) is 0.130. The van der Waals surface area contributed by atoms with Crippen molar-refractivity contribution in [2.24, 2.45) is 0 Å². The molecule has 0 saturated carbocycles. The van der Waals surface area contributed by atoms with E-state index in [9.17, 15) is 9.59 Å². The van der Waals surface area contributed by atoms with Gasteiger partial charge in [-0.15, -0.1) is 0 Å². The number of para-hydroxylation sites is 2. The van der Waals surface area contributed by atoms with Gasteiger partial charge in [-0.05, 0) is 37.3 Å². The molecule has 2 heterocycles. The summed E-state index contributed by atoms with van der Waals surface area (Å²) >= 11 is 6.12. The molecule has 2 aromatic carbocycles. The zero-order chi connectivity index (χ0) is 23.2. The highest BCUT2D eigenvalue weighted by Gasteiger charge is 2.23. The number of carbonyl (C=O) groups is 2. The largest absolute Gasteiger partial charge is 0.470 e. The van der Waals surface area contributed by atoms with Gasteiger partial charge in [-0.1, -0.05) is 41.9 Å². The Kier molecular flexibility index (Phi) is 6.70. The summed E-state index contributed by atoms with van der Waals surface area (Å²) in [5.41, 5.74) is 1.02. The van der Waals surface area contributed by atoms with Crippen molar-refractivity contribution >= 4 is 29.3 Å². The second-order valence-corrected chi connectivity index (χ2v) is 7.16. The van der Waals surface area contributed by atoms with E-state index in [0.717, 1.165) is 0 Å². The zero-order valence-electron chi connectivity index (χ0n) is 17.6. The van der Waals surface area contributed by atoms with Crippen LogP contribution in [0.5, 0.6) is 5.75 Å². The summed E-state index contributed by atoms with van der Waals surface area (Å²) in [4.78, 5) is 25.6. The number of benzene rings is 2. The molecule has 0 bridgehead atoms. The molecule has 0 aliphatic rings. The van der Waals surface area contributed by atoms with E-state index >= 15 is 0 Å². The maximum Gasteiger partial charge on any atom is 0.343 e. The SMILES string of the molecule is CCOC(=O)c1cnn(-c2ccccc2)c1NC(=O)c1ccnn1COc1ccccc1Cl. The van der Waals surface area contributed by atoms with Crippen LogP contribution >= 0.6 is 11.6 Å². The number of halogens is 1. The highest BCUT2D eigenvalue weighted by Crippen LogP contribution is 2.24. The Labute approximate surface area is 194 Å². The van der Waals surface area contributed by atoms with Crippen molar-refractivity contribution in [3.05, 3.63) is 89.3 Å². The van der Waals surface area contributed by atoms with Gasteiger partial charge in [0, 0.05) is 6.20 Å². The molecule has 2 aromatic heterocycles. The number of anilines is 1. The van der Waals surface area contributed by atoms with E-state index in [1.807, 2.05) is 18.2 Å². The van der Waals surface area contributed by atoms with Crippen molar-refractivity contribution in [1.82, 2.24) is 19.6 Å². The van der Waals surface area contributed by atoms with Gasteiger partial charge < -0.3 is 14.8 Å². The molecule has 0 fully saturated rings. The molecule has 0 spiro atoms. The lowest BCUT2D eigenvalue weighted by atomic mass is 10.3. The molecule has 4 rings (SSSR count). The third-order valence-corrected chi connectivity index (χ3v) is 4.94. The van der Waals surface area contributed by atoms with Crippen LogP contribution in [-0.2, 0) is 11.5 Å². The third-order valence-electron chi connectivity index (χ3n) is 4.63. The Morgan fingerprint density at radius 3 is 2.55 bits per heavy atom. The van der Waals surface area contributed by atoms with Crippen LogP contribution in [0.25, 0.3) is 5.69 Å². The predicted molar refractivity (Wildman–Crippen MR) is 122 cm³/mol. The number of ether oxygens (including phenoxy) is 2. The van der Waals surface area contributed by atoms with Gasteiger partial charge in [0.05, 0.1) is 23.5 Å². The minimum absolute atomic E-state index is 0.0395. The number of nitrogens with one attached hydrogen (secondary N) is 1. The summed E-state index contributed by atoms with van der Waals surface area (Å²) in [6, 6.07) is 17.7. The van der Waals surface area contributed by atoms with E-state index in [4.69, 9.17) is 21.1 Å². The number of esters is 1. The van der Waals surface area contributed by atoms with Crippen LogP contribution in [-0.4, -0.2) is 38.0 Å². The van der Waals surface area contributed by atoms with E-state index < -0.39 is 11.9 Å². The molecule has 0 atom stereocenters. The van der Waals surface area contributed by atoms with Gasteiger partial charge >= 0.3 is 5.97 Å². The molecule has 168 valence electrons. The molecule has 0 unspecified atom stereocenters. The molecule has 1 amide bonds. The highest BCUT2D eigenvalue weighted by atomic mass is 35.5. The molecule has 1 N–H and O–H groups in total. The Balaban J connectivity index is 1.60. The second-order valence-electron chi connectivity index (χ2n) is 6.75. The van der Waals surface area contributed by atoms with E-state index in [1.165, 1.54) is 21.8 Å². The lowest BCUT2D eigenvalue weighted by Crippen LogP contribution is -2.22. The fourth-order valence-electron chi connectivity index (χ4n) is 3.08. The van der Waals surface area contributed by atoms with Crippen LogP contribution in [0.2, 0.25) is 5.02 Å². The molecule has 10 heteroatoms. The number of hydrogen-bond donors (Lipinski definition) is 1. The first-order valence-corrected chi connectivity index (χ1v) is 10.5. The van der Waals surface area contributed by atoms with Gasteiger partial charge in [0.25, 0.3) is 5.91 Å². The molecular weight excluding hydrogens is 446 g/mol. The number of nitrogens with zero attached hydrogens (tertiary/aromatic N) is 4. The number of aromatic nitrogens is 4. The van der Waals surface area contributed by atoms with Crippen molar-refractivity contribution in [2.45, 2.75) is 13.7 Å². The van der Waals surface area contributed by atoms with Crippen LogP contribution in [0, 0.1) is 0 Å². The molecule has 0 saturated heterocycles. The Hall–Kier alpha value is -4.11. The number of carbonyl (C=O) groups excluding carboxylic acids is 2. The van der Waals surface area contributed by atoms with Crippen molar-refractivity contribution < 1.29 is 19.1 Å². The summed E-state index contributed by atoms with van der Waals surface area (Å²) in [5.74, 6) is -0.443. The Morgan fingerprint density at radius 2 is 1.79 bits per heavy atom. The van der Waals surface area contributed by atoms with Crippen LogP contribution in [0.15, 0.2) is 73.1 Å². The molecular formula is C23H20ClN5O4. The standard InChI is InChI=1S/C23H20ClN5O4/c1-2-32-23(31)17-14-26-29(16-8-4-3-5-9-16)21(17)27-22(30)19-12-13-25-28(19)15-33-20-11-7-6-10-18(20)24/h3-14H,2,15H2,1H3,(H,27,30). The highest BCUT2D eigenvalue weighted by molar-refractivity contribution is 6.32. The van der Waals surface area contributed by atoms with Gasteiger partial charge in [0.2, 0.25) is 0 Å². The number of rotatable bonds is 8. The third kappa shape index (κ3) is 4.88. The van der Waals surface area contributed by atoms with Crippen LogP contribution < -0.4 is 10.1 Å². The molecule has 0 aliphatic carbocycles. The Bertz CT molecular complexity index is 1270. The lowest BCUT2D eigenvalue weighted by molar-refractivity contribution is 0.0527. The monoisotopic (exact) mass is 465 g/mol. The van der Waals surface area contributed by atoms with Crippen molar-refractivity contribution in [3.8, 4) is 11.4 Å². The number of hydrogen-bond acceptors (Lipinski definition) is 6. The smallest absolute Gasteiger partial charge is 0.343 e. The minimum atomic E-state index is -0.592. The predicted octanol–water partition coefficient (Wildman–Crippen LogP) is 4.19. The first kappa shape index (κ1) is 22.1. The van der Waals surface area contributed by atoms with E-state index in [1.54, 1.807) is 49.4 Å². The first-order chi connectivity index (χ1) is 16.1. The van der Waals surface area contributed by atoms with Crippen molar-refractivity contribution in [1.29, 1.82) is 0 Å². The van der Waals surface area contributed by atoms with E-state index in [2.05, 4.69) is 15.5 Å². The molecule has 33 heavy (non-hydrogen) atoms. The van der Waals surface area contributed by atoms with Crippen LogP contribution in [0.4, 0.5) is 5.82 Å². The lowest BCUT2D eigenvalue weighted by Gasteiger charge is -2.13. The molecule has 4 aromatic rings. The average molecular weight is 466 g/mol. The second kappa shape index (κ2) is 10.0. The summed E-state index contributed by atoms with van der Waals surface area (Å²) in [5, 5.41) is 11.6. The van der Waals surface area contributed by atoms with Gasteiger partial charge in [-0.3, -0.25) is 4.79 Å². The molecule has 0 aliphatic heterocycles. The maximum atomic E-state index is 13.1. The van der Waals surface area contributed by atoms with Gasteiger partial charge in [-0.2, -0.15) is 10.2 Å². The average Bonchev–Trinajstić information content (AvgIpc) is 3.46. The Morgan fingerprint density at radius 1 is 1.03 bits per heavy atom. The first-order valence-electron chi connectivity index (χ1n) is 10.1. The van der Waals surface area contributed by atoms with Crippen LogP contribution in [0.1, 0.15) is 27.8 Å².